The molecule has 0 fully saturated rings. The van der Waals surface area contributed by atoms with Crippen molar-refractivity contribution in [1.82, 2.24) is 24.8 Å². The van der Waals surface area contributed by atoms with E-state index in [2.05, 4.69) is 34.5 Å². The zero-order chi connectivity index (χ0) is 21.3. The van der Waals surface area contributed by atoms with Crippen molar-refractivity contribution in [2.45, 2.75) is 19.6 Å². The third kappa shape index (κ3) is 9.80. The van der Waals surface area contributed by atoms with Gasteiger partial charge in [0, 0.05) is 50.6 Å². The first-order chi connectivity index (χ1) is 14.9. The standard InChI is InChI=1S/C18H18N4.C5H5N.ClH.Os/c1-4-10-19-16(7-1)13-22(14-17-8-2-5-11-20-17)15-18-9-3-6-12-21-18;1-2-4-6-5-3-1;;/h1-12H,13-15H2;1-5H;1H;/q;;;+1/p-1. The van der Waals surface area contributed by atoms with E-state index >= 15 is 0 Å². The number of aromatic nitrogens is 4. The molecule has 0 amide bonds. The summed E-state index contributed by atoms with van der Waals surface area (Å²) in [6.07, 6.45) is 8.99. The Morgan fingerprint density at radius 3 is 1.13 bits per heavy atom. The molecule has 0 saturated carbocycles. The molecular formula is C23H23ClN5Os. The van der Waals surface area contributed by atoms with Crippen LogP contribution in [0.5, 0.6) is 0 Å². The second-order valence-corrected chi connectivity index (χ2v) is 6.13. The minimum absolute atomic E-state index is 0.772. The Hall–Kier alpha value is -2.51. The Morgan fingerprint density at radius 1 is 0.533 bits per heavy atom. The predicted octanol–water partition coefficient (Wildman–Crippen LogP) is 4.84. The Kier molecular flexibility index (Phi) is 12.2. The first-order valence-electron chi connectivity index (χ1n) is 9.30. The number of pyridine rings is 4. The van der Waals surface area contributed by atoms with Crippen molar-refractivity contribution in [3.63, 3.8) is 0 Å². The van der Waals surface area contributed by atoms with E-state index in [-0.39, 0.29) is 0 Å². The quantitative estimate of drug-likeness (QED) is 0.320. The minimum atomic E-state index is 0.772. The van der Waals surface area contributed by atoms with Gasteiger partial charge < -0.3 is 0 Å². The molecule has 4 aromatic heterocycles. The maximum Gasteiger partial charge on any atom is 0.0544 e. The molecule has 0 aliphatic carbocycles. The topological polar surface area (TPSA) is 54.8 Å². The van der Waals surface area contributed by atoms with E-state index in [9.17, 15) is 0 Å². The van der Waals surface area contributed by atoms with Gasteiger partial charge in [-0.15, -0.1) is 0 Å². The van der Waals surface area contributed by atoms with Gasteiger partial charge in [0.1, 0.15) is 0 Å². The van der Waals surface area contributed by atoms with Gasteiger partial charge in [-0.3, -0.25) is 24.8 Å². The molecule has 4 rings (SSSR count). The summed E-state index contributed by atoms with van der Waals surface area (Å²) in [5.74, 6) is 0. The Balaban J connectivity index is 0.000000340. The molecule has 155 valence electrons. The van der Waals surface area contributed by atoms with Crippen molar-refractivity contribution in [1.29, 1.82) is 0 Å². The molecule has 30 heavy (non-hydrogen) atoms. The predicted molar refractivity (Wildman–Crippen MR) is 116 cm³/mol. The SMILES string of the molecule is [Cl][Os].c1ccc(CN(Cc2ccccn2)Cc2ccccn2)nc1.c1ccncc1. The average molecular weight is 595 g/mol. The van der Waals surface area contributed by atoms with Crippen LogP contribution in [0.4, 0.5) is 0 Å². The minimum Gasteiger partial charge on any atom is -0.286 e. The maximum absolute atomic E-state index is 4.67. The van der Waals surface area contributed by atoms with Crippen LogP contribution in [0, 0.1) is 0 Å². The van der Waals surface area contributed by atoms with Crippen LogP contribution in [0.3, 0.4) is 0 Å². The number of rotatable bonds is 6. The molecule has 0 bridgehead atoms. The van der Waals surface area contributed by atoms with Gasteiger partial charge in [0.25, 0.3) is 0 Å². The van der Waals surface area contributed by atoms with E-state index in [4.69, 9.17) is 0 Å². The zero-order valence-corrected chi connectivity index (χ0v) is 19.7. The van der Waals surface area contributed by atoms with Crippen molar-refractivity contribution in [3.8, 4) is 0 Å². The van der Waals surface area contributed by atoms with Gasteiger partial charge in [-0.2, -0.15) is 0 Å². The van der Waals surface area contributed by atoms with Crippen molar-refractivity contribution in [2.24, 2.45) is 0 Å². The van der Waals surface area contributed by atoms with E-state index in [0.717, 1.165) is 36.7 Å². The molecule has 0 aromatic carbocycles. The summed E-state index contributed by atoms with van der Waals surface area (Å²) in [5.41, 5.74) is 3.15. The molecule has 0 radical (unpaired) electrons. The molecular weight excluding hydrogens is 572 g/mol. The number of hydrogen-bond acceptors (Lipinski definition) is 5. The monoisotopic (exact) mass is 596 g/mol. The summed E-state index contributed by atoms with van der Waals surface area (Å²) in [7, 11) is 4.67. The Morgan fingerprint density at radius 2 is 0.900 bits per heavy atom. The van der Waals surface area contributed by atoms with Gasteiger partial charge in [-0.05, 0) is 48.5 Å². The van der Waals surface area contributed by atoms with E-state index in [1.165, 1.54) is 17.6 Å². The fourth-order valence-corrected chi connectivity index (χ4v) is 2.64. The van der Waals surface area contributed by atoms with Gasteiger partial charge in [-0.25, -0.2) is 0 Å². The van der Waals surface area contributed by atoms with Gasteiger partial charge in [-0.1, -0.05) is 24.3 Å². The summed E-state index contributed by atoms with van der Waals surface area (Å²) < 4.78 is 0. The Bertz CT molecular complexity index is 774. The fourth-order valence-electron chi connectivity index (χ4n) is 2.64. The maximum atomic E-state index is 4.67. The molecule has 0 aliphatic rings. The van der Waals surface area contributed by atoms with Gasteiger partial charge in [0.05, 0.1) is 17.1 Å². The smallest absolute Gasteiger partial charge is 0.0544 e. The number of nitrogens with zero attached hydrogens (tertiary/aromatic N) is 5. The third-order valence-electron chi connectivity index (χ3n) is 3.90. The summed E-state index contributed by atoms with van der Waals surface area (Å²) in [5, 5.41) is 0. The molecule has 0 aliphatic heterocycles. The van der Waals surface area contributed by atoms with Crippen LogP contribution in [-0.4, -0.2) is 24.8 Å². The molecule has 0 unspecified atom stereocenters. The second kappa shape index (κ2) is 15.3. The molecule has 4 aromatic rings. The first-order valence-corrected chi connectivity index (χ1v) is 12.5. The molecule has 4 heterocycles. The molecule has 0 N–H and O–H groups in total. The van der Waals surface area contributed by atoms with Crippen LogP contribution in [0.2, 0.25) is 0 Å². The molecule has 0 atom stereocenters. The summed E-state index contributed by atoms with van der Waals surface area (Å²) in [6, 6.07) is 23.7. The van der Waals surface area contributed by atoms with E-state index in [0.29, 0.717) is 0 Å². The normalized spacial score (nSPS) is 9.70. The molecule has 7 heteroatoms. The van der Waals surface area contributed by atoms with Crippen LogP contribution in [0.25, 0.3) is 0 Å². The van der Waals surface area contributed by atoms with Crippen LogP contribution in [0.1, 0.15) is 17.1 Å². The number of hydrogen-bond donors (Lipinski definition) is 0. The van der Waals surface area contributed by atoms with Gasteiger partial charge in [0.2, 0.25) is 0 Å². The van der Waals surface area contributed by atoms with Crippen molar-refractivity contribution >= 4 is 9.64 Å². The van der Waals surface area contributed by atoms with Crippen molar-refractivity contribution in [3.05, 3.63) is 121 Å². The van der Waals surface area contributed by atoms with Crippen LogP contribution >= 0.6 is 9.64 Å². The second-order valence-electron chi connectivity index (χ2n) is 6.13. The number of halogens is 1. The van der Waals surface area contributed by atoms with Gasteiger partial charge in [0.15, 0.2) is 0 Å². The van der Waals surface area contributed by atoms with Crippen molar-refractivity contribution < 1.29 is 17.6 Å². The van der Waals surface area contributed by atoms with Crippen LogP contribution in [-0.2, 0) is 37.2 Å². The first kappa shape index (κ1) is 23.8. The van der Waals surface area contributed by atoms with E-state index in [1.807, 2.05) is 91.4 Å². The average Bonchev–Trinajstić information content (AvgIpc) is 2.84. The Labute approximate surface area is 192 Å². The summed E-state index contributed by atoms with van der Waals surface area (Å²) >= 11 is 1.33. The van der Waals surface area contributed by atoms with Crippen LogP contribution < -0.4 is 0 Å². The fraction of sp³-hybridized carbons (Fsp3) is 0.130. The third-order valence-corrected chi connectivity index (χ3v) is 3.90. The molecule has 0 saturated heterocycles. The van der Waals surface area contributed by atoms with Crippen LogP contribution in [0.15, 0.2) is 104 Å². The molecule has 0 spiro atoms. The van der Waals surface area contributed by atoms with Gasteiger partial charge >= 0.3 is 27.2 Å². The van der Waals surface area contributed by atoms with Crippen molar-refractivity contribution in [2.75, 3.05) is 0 Å². The summed E-state index contributed by atoms with van der Waals surface area (Å²) in [6.45, 7) is 2.32. The largest absolute Gasteiger partial charge is 0.286 e. The molecule has 5 nitrogen and oxygen atoms in total. The summed E-state index contributed by atoms with van der Waals surface area (Å²) in [4.78, 5) is 19.3. The zero-order valence-electron chi connectivity index (χ0n) is 16.4. The van der Waals surface area contributed by atoms with E-state index in [1.54, 1.807) is 12.4 Å². The van der Waals surface area contributed by atoms with E-state index < -0.39 is 0 Å².